The highest BCUT2D eigenvalue weighted by molar-refractivity contribution is 5.14. The maximum absolute atomic E-state index is 9.09. The highest BCUT2D eigenvalue weighted by Gasteiger charge is 2.14. The fourth-order valence-electron chi connectivity index (χ4n) is 1.54. The molecule has 0 aliphatic carbocycles. The van der Waals surface area contributed by atoms with Crippen LogP contribution in [0.4, 0.5) is 0 Å². The van der Waals surface area contributed by atoms with Gasteiger partial charge in [0.2, 0.25) is 0 Å². The van der Waals surface area contributed by atoms with Crippen LogP contribution in [-0.4, -0.2) is 24.8 Å². The van der Waals surface area contributed by atoms with Crippen LogP contribution in [0.15, 0.2) is 30.3 Å². The molecule has 90 valence electrons. The highest BCUT2D eigenvalue weighted by atomic mass is 16.3. The van der Waals surface area contributed by atoms with Crippen LogP contribution >= 0.6 is 0 Å². The smallest absolute Gasteiger partial charge is 0.0494 e. The standard InChI is InChI=1S/C14H23NO/c1-14(2,12-16)11-15-10-6-9-13-7-4-3-5-8-13/h3-5,7-8,15-16H,6,9-12H2,1-2H3. The van der Waals surface area contributed by atoms with Gasteiger partial charge in [0.25, 0.3) is 0 Å². The van der Waals surface area contributed by atoms with E-state index in [0.29, 0.717) is 0 Å². The number of hydrogen-bond acceptors (Lipinski definition) is 2. The van der Waals surface area contributed by atoms with E-state index in [9.17, 15) is 0 Å². The summed E-state index contributed by atoms with van der Waals surface area (Å²) in [6.45, 7) is 6.25. The van der Waals surface area contributed by atoms with E-state index >= 15 is 0 Å². The molecule has 0 heterocycles. The number of aliphatic hydroxyl groups excluding tert-OH is 1. The third-order valence-electron chi connectivity index (χ3n) is 2.69. The van der Waals surface area contributed by atoms with Gasteiger partial charge in [0.1, 0.15) is 0 Å². The molecule has 0 amide bonds. The van der Waals surface area contributed by atoms with E-state index in [0.717, 1.165) is 25.9 Å². The van der Waals surface area contributed by atoms with Crippen LogP contribution in [0.1, 0.15) is 25.8 Å². The summed E-state index contributed by atoms with van der Waals surface area (Å²) in [5.74, 6) is 0. The van der Waals surface area contributed by atoms with E-state index in [1.165, 1.54) is 5.56 Å². The molecule has 1 rings (SSSR count). The van der Waals surface area contributed by atoms with Gasteiger partial charge < -0.3 is 10.4 Å². The van der Waals surface area contributed by atoms with Gasteiger partial charge >= 0.3 is 0 Å². The maximum atomic E-state index is 9.09. The van der Waals surface area contributed by atoms with Crippen molar-refractivity contribution in [1.29, 1.82) is 0 Å². The van der Waals surface area contributed by atoms with Crippen molar-refractivity contribution in [1.82, 2.24) is 5.32 Å². The molecule has 2 N–H and O–H groups in total. The Kier molecular flexibility index (Phi) is 5.50. The van der Waals surface area contributed by atoms with Crippen molar-refractivity contribution < 1.29 is 5.11 Å². The lowest BCUT2D eigenvalue weighted by atomic mass is 9.95. The molecule has 0 unspecified atom stereocenters. The second-order valence-electron chi connectivity index (χ2n) is 5.09. The predicted octanol–water partition coefficient (Wildman–Crippen LogP) is 2.23. The number of hydrogen-bond donors (Lipinski definition) is 2. The Balaban J connectivity index is 2.09. The third kappa shape index (κ3) is 5.29. The Labute approximate surface area is 98.7 Å². The first-order chi connectivity index (χ1) is 7.64. The highest BCUT2D eigenvalue weighted by Crippen LogP contribution is 2.11. The van der Waals surface area contributed by atoms with Gasteiger partial charge in [-0.25, -0.2) is 0 Å². The van der Waals surface area contributed by atoms with Crippen LogP contribution in [0.5, 0.6) is 0 Å². The molecule has 0 aromatic heterocycles. The molecule has 0 aliphatic heterocycles. The molecule has 0 spiro atoms. The molecule has 0 fully saturated rings. The van der Waals surface area contributed by atoms with Crippen LogP contribution in [-0.2, 0) is 6.42 Å². The SMILES string of the molecule is CC(C)(CO)CNCCCc1ccccc1. The van der Waals surface area contributed by atoms with Gasteiger partial charge in [-0.3, -0.25) is 0 Å². The topological polar surface area (TPSA) is 32.3 Å². The number of aryl methyl sites for hydroxylation is 1. The summed E-state index contributed by atoms with van der Waals surface area (Å²) in [6.07, 6.45) is 2.26. The van der Waals surface area contributed by atoms with E-state index in [-0.39, 0.29) is 12.0 Å². The summed E-state index contributed by atoms with van der Waals surface area (Å²) in [6, 6.07) is 10.5. The first-order valence-electron chi connectivity index (χ1n) is 5.99. The van der Waals surface area contributed by atoms with Gasteiger partial charge in [-0.15, -0.1) is 0 Å². The fourth-order valence-corrected chi connectivity index (χ4v) is 1.54. The normalized spacial score (nSPS) is 11.7. The second kappa shape index (κ2) is 6.66. The van der Waals surface area contributed by atoms with Gasteiger partial charge in [-0.05, 0) is 24.9 Å². The van der Waals surface area contributed by atoms with Gasteiger partial charge in [0.05, 0.1) is 0 Å². The Morgan fingerprint density at radius 2 is 1.88 bits per heavy atom. The molecule has 0 atom stereocenters. The summed E-state index contributed by atoms with van der Waals surface area (Å²) in [5.41, 5.74) is 1.39. The van der Waals surface area contributed by atoms with Gasteiger partial charge in [-0.1, -0.05) is 44.2 Å². The average molecular weight is 221 g/mol. The first-order valence-corrected chi connectivity index (χ1v) is 5.99. The molecule has 0 saturated carbocycles. The molecule has 16 heavy (non-hydrogen) atoms. The molecule has 0 radical (unpaired) electrons. The fraction of sp³-hybridized carbons (Fsp3) is 0.571. The van der Waals surface area contributed by atoms with E-state index in [1.54, 1.807) is 0 Å². The zero-order valence-corrected chi connectivity index (χ0v) is 10.4. The first kappa shape index (κ1) is 13.2. The summed E-state index contributed by atoms with van der Waals surface area (Å²) in [4.78, 5) is 0. The monoisotopic (exact) mass is 221 g/mol. The lowest BCUT2D eigenvalue weighted by Crippen LogP contribution is -2.32. The van der Waals surface area contributed by atoms with Crippen molar-refractivity contribution in [3.05, 3.63) is 35.9 Å². The Morgan fingerprint density at radius 1 is 1.19 bits per heavy atom. The molecule has 2 heteroatoms. The summed E-state index contributed by atoms with van der Waals surface area (Å²) in [7, 11) is 0. The molecule has 0 aliphatic rings. The van der Waals surface area contributed by atoms with E-state index in [4.69, 9.17) is 5.11 Å². The minimum atomic E-state index is -0.00720. The van der Waals surface area contributed by atoms with Crippen molar-refractivity contribution >= 4 is 0 Å². The largest absolute Gasteiger partial charge is 0.396 e. The van der Waals surface area contributed by atoms with Crippen LogP contribution in [0.25, 0.3) is 0 Å². The van der Waals surface area contributed by atoms with Crippen molar-refractivity contribution in [3.8, 4) is 0 Å². The van der Waals surface area contributed by atoms with Crippen molar-refractivity contribution in [2.24, 2.45) is 5.41 Å². The van der Waals surface area contributed by atoms with Gasteiger partial charge in [0.15, 0.2) is 0 Å². The van der Waals surface area contributed by atoms with E-state index in [1.807, 2.05) is 6.07 Å². The molecule has 2 nitrogen and oxygen atoms in total. The average Bonchev–Trinajstić information content (AvgIpc) is 2.30. The zero-order valence-electron chi connectivity index (χ0n) is 10.4. The van der Waals surface area contributed by atoms with E-state index in [2.05, 4.69) is 43.4 Å². The second-order valence-corrected chi connectivity index (χ2v) is 5.09. The van der Waals surface area contributed by atoms with Crippen LogP contribution in [0.3, 0.4) is 0 Å². The Morgan fingerprint density at radius 3 is 2.50 bits per heavy atom. The number of benzene rings is 1. The van der Waals surface area contributed by atoms with Crippen LogP contribution in [0, 0.1) is 5.41 Å². The Bertz CT molecular complexity index is 282. The van der Waals surface area contributed by atoms with Gasteiger partial charge in [-0.2, -0.15) is 0 Å². The summed E-state index contributed by atoms with van der Waals surface area (Å²) < 4.78 is 0. The van der Waals surface area contributed by atoms with Crippen molar-refractivity contribution in [3.63, 3.8) is 0 Å². The lowest BCUT2D eigenvalue weighted by molar-refractivity contribution is 0.157. The van der Waals surface area contributed by atoms with E-state index < -0.39 is 0 Å². The van der Waals surface area contributed by atoms with Crippen molar-refractivity contribution in [2.45, 2.75) is 26.7 Å². The molecule has 0 saturated heterocycles. The molecular formula is C14H23NO. The predicted molar refractivity (Wildman–Crippen MR) is 68.5 cm³/mol. The third-order valence-corrected chi connectivity index (χ3v) is 2.69. The molecule has 1 aromatic rings. The lowest BCUT2D eigenvalue weighted by Gasteiger charge is -2.21. The number of rotatable bonds is 7. The Hall–Kier alpha value is -0.860. The van der Waals surface area contributed by atoms with Gasteiger partial charge in [0, 0.05) is 18.6 Å². The molecule has 1 aromatic carbocycles. The minimum Gasteiger partial charge on any atom is -0.396 e. The quantitative estimate of drug-likeness (QED) is 0.692. The summed E-state index contributed by atoms with van der Waals surface area (Å²) >= 11 is 0. The number of aliphatic hydroxyl groups is 1. The summed E-state index contributed by atoms with van der Waals surface area (Å²) in [5, 5.41) is 12.5. The zero-order chi connectivity index (χ0) is 11.9. The van der Waals surface area contributed by atoms with Crippen LogP contribution in [0.2, 0.25) is 0 Å². The number of nitrogens with one attached hydrogen (secondary N) is 1. The van der Waals surface area contributed by atoms with Crippen LogP contribution < -0.4 is 5.32 Å². The minimum absolute atomic E-state index is 0.00720. The molecule has 0 bridgehead atoms. The maximum Gasteiger partial charge on any atom is 0.0494 e. The van der Waals surface area contributed by atoms with Crippen molar-refractivity contribution in [2.75, 3.05) is 19.7 Å². The molecular weight excluding hydrogens is 198 g/mol.